The molecule has 1 unspecified atom stereocenters. The summed E-state index contributed by atoms with van der Waals surface area (Å²) in [4.78, 5) is 4.31. The second kappa shape index (κ2) is 4.14. The average molecular weight is 199 g/mol. The van der Waals surface area contributed by atoms with Crippen molar-refractivity contribution in [1.82, 2.24) is 10.6 Å². The van der Waals surface area contributed by atoms with Crippen molar-refractivity contribution in [2.24, 2.45) is 4.99 Å². The Balaban J connectivity index is 1.96. The van der Waals surface area contributed by atoms with Crippen LogP contribution in [0.5, 0.6) is 0 Å². The molecule has 2 aliphatic heterocycles. The molecule has 80 valence electrons. The molecule has 0 aliphatic carbocycles. The summed E-state index contributed by atoms with van der Waals surface area (Å²) in [5.74, 6) is 0.802. The van der Waals surface area contributed by atoms with E-state index in [2.05, 4.69) is 15.6 Å². The van der Waals surface area contributed by atoms with E-state index in [4.69, 9.17) is 4.74 Å². The van der Waals surface area contributed by atoms with Gasteiger partial charge in [0.1, 0.15) is 0 Å². The van der Waals surface area contributed by atoms with E-state index in [-0.39, 0.29) is 12.1 Å². The smallest absolute Gasteiger partial charge is 0.191 e. The molecule has 0 aromatic rings. The standard InChI is InChI=1S/C9H17N3O2/c13-6-9(2-5-14-7-9)12-8-10-3-1-4-11-8/h13H,1-7H2,(H2,10,11,12). The topological polar surface area (TPSA) is 65.9 Å². The number of aliphatic hydroxyl groups is 1. The largest absolute Gasteiger partial charge is 0.394 e. The molecule has 1 saturated heterocycles. The summed E-state index contributed by atoms with van der Waals surface area (Å²) in [6.07, 6.45) is 1.91. The Hall–Kier alpha value is -0.810. The van der Waals surface area contributed by atoms with E-state index >= 15 is 0 Å². The lowest BCUT2D eigenvalue weighted by Gasteiger charge is -2.29. The number of rotatable bonds is 2. The number of aliphatic hydroxyl groups excluding tert-OH is 1. The zero-order chi connectivity index (χ0) is 9.86. The molecular weight excluding hydrogens is 182 g/mol. The Morgan fingerprint density at radius 3 is 3.14 bits per heavy atom. The fourth-order valence-corrected chi connectivity index (χ4v) is 1.74. The third-order valence-electron chi connectivity index (χ3n) is 2.69. The van der Waals surface area contributed by atoms with Crippen LogP contribution in [0, 0.1) is 0 Å². The maximum atomic E-state index is 9.32. The minimum atomic E-state index is -0.316. The summed E-state index contributed by atoms with van der Waals surface area (Å²) in [6, 6.07) is 0. The molecule has 5 nitrogen and oxygen atoms in total. The zero-order valence-electron chi connectivity index (χ0n) is 8.25. The summed E-state index contributed by atoms with van der Waals surface area (Å²) >= 11 is 0. The van der Waals surface area contributed by atoms with Crippen molar-refractivity contribution < 1.29 is 9.84 Å². The van der Waals surface area contributed by atoms with Crippen molar-refractivity contribution in [2.45, 2.75) is 18.4 Å². The lowest BCUT2D eigenvalue weighted by atomic mass is 10.0. The van der Waals surface area contributed by atoms with Gasteiger partial charge in [0.15, 0.2) is 5.96 Å². The fourth-order valence-electron chi connectivity index (χ4n) is 1.74. The molecule has 0 aromatic carbocycles. The molecule has 0 bridgehead atoms. The van der Waals surface area contributed by atoms with E-state index in [1.54, 1.807) is 0 Å². The van der Waals surface area contributed by atoms with Crippen LogP contribution in [-0.2, 0) is 4.74 Å². The van der Waals surface area contributed by atoms with E-state index in [0.29, 0.717) is 13.2 Å². The van der Waals surface area contributed by atoms with Crippen LogP contribution < -0.4 is 10.6 Å². The van der Waals surface area contributed by atoms with Crippen LogP contribution in [0.15, 0.2) is 4.99 Å². The highest BCUT2D eigenvalue weighted by atomic mass is 16.5. The molecule has 0 aromatic heterocycles. The molecule has 2 rings (SSSR count). The molecule has 0 saturated carbocycles. The van der Waals surface area contributed by atoms with Gasteiger partial charge >= 0.3 is 0 Å². The van der Waals surface area contributed by atoms with Crippen LogP contribution in [0.4, 0.5) is 0 Å². The molecule has 14 heavy (non-hydrogen) atoms. The van der Waals surface area contributed by atoms with Crippen LogP contribution in [0.1, 0.15) is 12.8 Å². The molecule has 2 aliphatic rings. The van der Waals surface area contributed by atoms with Gasteiger partial charge in [0.05, 0.1) is 18.8 Å². The van der Waals surface area contributed by atoms with Crippen LogP contribution in [-0.4, -0.2) is 49.5 Å². The SMILES string of the molecule is OCC1(NC2=NCCCN2)CCOC1. The van der Waals surface area contributed by atoms with Gasteiger partial charge in [-0.3, -0.25) is 4.99 Å². The maximum Gasteiger partial charge on any atom is 0.191 e. The summed E-state index contributed by atoms with van der Waals surface area (Å²) in [5.41, 5.74) is -0.316. The monoisotopic (exact) mass is 199 g/mol. The molecule has 0 spiro atoms. The predicted octanol–water partition coefficient (Wildman–Crippen LogP) is -0.923. The Morgan fingerprint density at radius 2 is 2.57 bits per heavy atom. The minimum Gasteiger partial charge on any atom is -0.394 e. The number of guanidine groups is 1. The van der Waals surface area contributed by atoms with E-state index < -0.39 is 0 Å². The lowest BCUT2D eigenvalue weighted by Crippen LogP contribution is -2.56. The molecular formula is C9H17N3O2. The molecule has 2 heterocycles. The van der Waals surface area contributed by atoms with Gasteiger partial charge in [0.2, 0.25) is 0 Å². The third kappa shape index (κ3) is 1.99. The van der Waals surface area contributed by atoms with Gasteiger partial charge in [-0.2, -0.15) is 0 Å². The highest BCUT2D eigenvalue weighted by Crippen LogP contribution is 2.17. The molecule has 5 heteroatoms. The number of ether oxygens (including phenoxy) is 1. The summed E-state index contributed by atoms with van der Waals surface area (Å²) in [7, 11) is 0. The third-order valence-corrected chi connectivity index (χ3v) is 2.69. The van der Waals surface area contributed by atoms with Gasteiger partial charge in [0.25, 0.3) is 0 Å². The van der Waals surface area contributed by atoms with Crippen molar-refractivity contribution in [2.75, 3.05) is 32.9 Å². The Kier molecular flexibility index (Phi) is 2.88. The molecule has 0 radical (unpaired) electrons. The van der Waals surface area contributed by atoms with Gasteiger partial charge < -0.3 is 20.5 Å². The van der Waals surface area contributed by atoms with Crippen molar-refractivity contribution >= 4 is 5.96 Å². The van der Waals surface area contributed by atoms with E-state index in [1.165, 1.54) is 0 Å². The van der Waals surface area contributed by atoms with Crippen LogP contribution in [0.25, 0.3) is 0 Å². The van der Waals surface area contributed by atoms with E-state index in [0.717, 1.165) is 31.9 Å². The number of nitrogens with zero attached hydrogens (tertiary/aromatic N) is 1. The first-order valence-electron chi connectivity index (χ1n) is 5.10. The van der Waals surface area contributed by atoms with E-state index in [1.807, 2.05) is 0 Å². The van der Waals surface area contributed by atoms with Crippen molar-refractivity contribution in [3.8, 4) is 0 Å². The first kappa shape index (κ1) is 9.73. The predicted molar refractivity (Wildman–Crippen MR) is 53.3 cm³/mol. The Bertz CT molecular complexity index is 224. The summed E-state index contributed by atoms with van der Waals surface area (Å²) < 4.78 is 5.29. The van der Waals surface area contributed by atoms with Crippen molar-refractivity contribution in [3.05, 3.63) is 0 Å². The van der Waals surface area contributed by atoms with Crippen LogP contribution >= 0.6 is 0 Å². The van der Waals surface area contributed by atoms with Crippen molar-refractivity contribution in [3.63, 3.8) is 0 Å². The fraction of sp³-hybridized carbons (Fsp3) is 0.889. The quantitative estimate of drug-likeness (QED) is 0.538. The molecule has 0 amide bonds. The van der Waals surface area contributed by atoms with Crippen molar-refractivity contribution in [1.29, 1.82) is 0 Å². The number of hydrogen-bond donors (Lipinski definition) is 3. The van der Waals surface area contributed by atoms with Crippen LogP contribution in [0.2, 0.25) is 0 Å². The van der Waals surface area contributed by atoms with Crippen LogP contribution in [0.3, 0.4) is 0 Å². The van der Waals surface area contributed by atoms with Gasteiger partial charge in [-0.1, -0.05) is 0 Å². The summed E-state index contributed by atoms with van der Waals surface area (Å²) in [5, 5.41) is 15.7. The number of nitrogens with one attached hydrogen (secondary N) is 2. The normalized spacial score (nSPS) is 32.2. The second-order valence-corrected chi connectivity index (χ2v) is 3.88. The molecule has 3 N–H and O–H groups in total. The van der Waals surface area contributed by atoms with Gasteiger partial charge in [-0.05, 0) is 12.8 Å². The zero-order valence-corrected chi connectivity index (χ0v) is 8.25. The number of hydrogen-bond acceptors (Lipinski definition) is 5. The molecule has 1 fully saturated rings. The first-order chi connectivity index (χ1) is 6.85. The van der Waals surface area contributed by atoms with Gasteiger partial charge in [0, 0.05) is 19.7 Å². The molecule has 1 atom stereocenters. The first-order valence-corrected chi connectivity index (χ1v) is 5.10. The minimum absolute atomic E-state index is 0.0910. The Labute approximate surface area is 83.5 Å². The van der Waals surface area contributed by atoms with Gasteiger partial charge in [-0.15, -0.1) is 0 Å². The highest BCUT2D eigenvalue weighted by molar-refractivity contribution is 5.81. The second-order valence-electron chi connectivity index (χ2n) is 3.88. The van der Waals surface area contributed by atoms with Gasteiger partial charge in [-0.25, -0.2) is 0 Å². The number of aliphatic imine (C=N–C) groups is 1. The van der Waals surface area contributed by atoms with E-state index in [9.17, 15) is 5.11 Å². The maximum absolute atomic E-state index is 9.32. The highest BCUT2D eigenvalue weighted by Gasteiger charge is 2.35. The summed E-state index contributed by atoms with van der Waals surface area (Å²) in [6.45, 7) is 3.17. The Morgan fingerprint density at radius 1 is 1.64 bits per heavy atom. The average Bonchev–Trinajstić information content (AvgIpc) is 2.69. The lowest BCUT2D eigenvalue weighted by molar-refractivity contribution is 0.132.